The van der Waals surface area contributed by atoms with Gasteiger partial charge in [-0.3, -0.25) is 0 Å². The van der Waals surface area contributed by atoms with E-state index < -0.39 is 0 Å². The van der Waals surface area contributed by atoms with Crippen molar-refractivity contribution in [3.63, 3.8) is 0 Å². The fraction of sp³-hybridized carbons (Fsp3) is 0. The first-order valence-corrected chi connectivity index (χ1v) is 17.2. The number of nitrogens with zero attached hydrogens (tertiary/aromatic N) is 2. The highest BCUT2D eigenvalue weighted by atomic mass is 16.3. The van der Waals surface area contributed by atoms with Gasteiger partial charge >= 0.3 is 0 Å². The van der Waals surface area contributed by atoms with Crippen molar-refractivity contribution in [2.45, 2.75) is 0 Å². The van der Waals surface area contributed by atoms with Gasteiger partial charge in [0.15, 0.2) is 5.82 Å². The van der Waals surface area contributed by atoms with E-state index in [4.69, 9.17) is 14.4 Å². The summed E-state index contributed by atoms with van der Waals surface area (Å²) in [5, 5.41) is 7.08. The van der Waals surface area contributed by atoms with E-state index >= 15 is 0 Å². The highest BCUT2D eigenvalue weighted by molar-refractivity contribution is 6.16. The molecule has 2 heterocycles. The van der Waals surface area contributed by atoms with Crippen LogP contribution in [0.4, 0.5) is 0 Å². The average molecular weight is 651 g/mol. The highest BCUT2D eigenvalue weighted by Crippen LogP contribution is 2.43. The molecule has 0 atom stereocenters. The number of aromatic nitrogens is 2. The fourth-order valence-corrected chi connectivity index (χ4v) is 7.45. The van der Waals surface area contributed by atoms with Gasteiger partial charge in [-0.15, -0.1) is 0 Å². The molecular weight excluding hydrogens is 621 g/mol. The minimum Gasteiger partial charge on any atom is -0.455 e. The molecule has 0 N–H and O–H groups in total. The summed E-state index contributed by atoms with van der Waals surface area (Å²) in [6.07, 6.45) is 0. The number of benzene rings is 8. The Morgan fingerprint density at radius 2 is 0.882 bits per heavy atom. The molecular formula is C48H30N2O. The first-order valence-electron chi connectivity index (χ1n) is 17.2. The molecule has 0 aliphatic heterocycles. The molecule has 0 spiro atoms. The molecule has 0 saturated heterocycles. The topological polar surface area (TPSA) is 38.9 Å². The Morgan fingerprint density at radius 1 is 0.353 bits per heavy atom. The third-order valence-electron chi connectivity index (χ3n) is 9.91. The molecule has 10 aromatic rings. The zero-order chi connectivity index (χ0) is 33.7. The molecule has 0 bridgehead atoms. The van der Waals surface area contributed by atoms with Crippen molar-refractivity contribution >= 4 is 43.5 Å². The largest absolute Gasteiger partial charge is 0.455 e. The summed E-state index contributed by atoms with van der Waals surface area (Å²) in [6, 6.07) is 63.7. The molecule has 2 aromatic heterocycles. The molecule has 0 aliphatic carbocycles. The molecule has 3 heteroatoms. The van der Waals surface area contributed by atoms with E-state index in [1.807, 2.05) is 48.5 Å². The van der Waals surface area contributed by atoms with Crippen LogP contribution in [0.2, 0.25) is 0 Å². The molecule has 0 amide bonds. The van der Waals surface area contributed by atoms with E-state index in [0.29, 0.717) is 5.82 Å². The quantitative estimate of drug-likeness (QED) is 0.174. The summed E-state index contributed by atoms with van der Waals surface area (Å²) in [5.41, 5.74) is 11.0. The first-order chi connectivity index (χ1) is 25.3. The molecule has 0 unspecified atom stereocenters. The standard InChI is InChI=1S/C48H30N2O/c1-3-13-33(14-4-1)43-30-44(34-15-5-2-6-16-34)50-48(49-43)41-28-27-37(47-46(41)40-21-11-12-22-45(40)51-47)31-23-25-32(26-24-31)42-29-35-17-7-8-18-36(35)38-19-9-10-20-39(38)42/h1-30H. The van der Waals surface area contributed by atoms with Crippen molar-refractivity contribution in [2.75, 3.05) is 0 Å². The lowest BCUT2D eigenvalue weighted by Crippen LogP contribution is -1.96. The lowest BCUT2D eigenvalue weighted by molar-refractivity contribution is 0.670. The lowest BCUT2D eigenvalue weighted by atomic mass is 9.92. The van der Waals surface area contributed by atoms with Gasteiger partial charge < -0.3 is 4.42 Å². The SMILES string of the molecule is c1ccc(-c2cc(-c3ccccc3)nc(-c3ccc(-c4ccc(-c5cc6ccccc6c6ccccc56)cc4)c4oc5ccccc5c34)n2)cc1. The molecule has 51 heavy (non-hydrogen) atoms. The Kier molecular flexibility index (Phi) is 6.81. The predicted octanol–water partition coefficient (Wildman–Crippen LogP) is 13.0. The highest BCUT2D eigenvalue weighted by Gasteiger charge is 2.20. The minimum atomic E-state index is 0.664. The Labute approximate surface area is 295 Å². The van der Waals surface area contributed by atoms with Crippen LogP contribution in [0.25, 0.3) is 99.6 Å². The summed E-state index contributed by atoms with van der Waals surface area (Å²) in [4.78, 5) is 10.4. The van der Waals surface area contributed by atoms with Gasteiger partial charge in [0.2, 0.25) is 0 Å². The summed E-state index contributed by atoms with van der Waals surface area (Å²) < 4.78 is 6.70. The van der Waals surface area contributed by atoms with Crippen molar-refractivity contribution in [2.24, 2.45) is 0 Å². The van der Waals surface area contributed by atoms with Gasteiger partial charge in [0.25, 0.3) is 0 Å². The van der Waals surface area contributed by atoms with Crippen molar-refractivity contribution in [3.05, 3.63) is 182 Å². The maximum Gasteiger partial charge on any atom is 0.161 e. The second kappa shape index (κ2) is 11.9. The zero-order valence-electron chi connectivity index (χ0n) is 27.6. The number of para-hydroxylation sites is 1. The molecule has 0 fully saturated rings. The smallest absolute Gasteiger partial charge is 0.161 e. The lowest BCUT2D eigenvalue weighted by Gasteiger charge is -2.13. The van der Waals surface area contributed by atoms with Gasteiger partial charge in [-0.25, -0.2) is 9.97 Å². The minimum absolute atomic E-state index is 0.664. The Bertz CT molecular complexity index is 2830. The van der Waals surface area contributed by atoms with Gasteiger partial charge in [-0.05, 0) is 68.6 Å². The summed E-state index contributed by atoms with van der Waals surface area (Å²) in [6.45, 7) is 0. The van der Waals surface area contributed by atoms with E-state index in [-0.39, 0.29) is 0 Å². The third kappa shape index (κ3) is 4.98. The monoisotopic (exact) mass is 650 g/mol. The van der Waals surface area contributed by atoms with Gasteiger partial charge in [0, 0.05) is 33.0 Å². The van der Waals surface area contributed by atoms with E-state index in [2.05, 4.69) is 133 Å². The van der Waals surface area contributed by atoms with Crippen LogP contribution in [0, 0.1) is 0 Å². The second-order valence-corrected chi connectivity index (χ2v) is 12.9. The molecule has 0 saturated carbocycles. The fourth-order valence-electron chi connectivity index (χ4n) is 7.45. The normalized spacial score (nSPS) is 11.5. The number of fused-ring (bicyclic) bond motifs is 6. The number of hydrogen-bond acceptors (Lipinski definition) is 3. The van der Waals surface area contributed by atoms with Gasteiger partial charge in [-0.1, -0.05) is 152 Å². The third-order valence-corrected chi connectivity index (χ3v) is 9.91. The van der Waals surface area contributed by atoms with Crippen LogP contribution in [-0.2, 0) is 0 Å². The van der Waals surface area contributed by atoms with Gasteiger partial charge in [-0.2, -0.15) is 0 Å². The van der Waals surface area contributed by atoms with Crippen molar-refractivity contribution in [3.8, 4) is 56.2 Å². The Morgan fingerprint density at radius 3 is 1.57 bits per heavy atom. The van der Waals surface area contributed by atoms with Crippen LogP contribution in [0.1, 0.15) is 0 Å². The molecule has 8 aromatic carbocycles. The van der Waals surface area contributed by atoms with Crippen LogP contribution in [-0.4, -0.2) is 9.97 Å². The van der Waals surface area contributed by atoms with Gasteiger partial charge in [0.05, 0.1) is 11.4 Å². The molecule has 0 radical (unpaired) electrons. The van der Waals surface area contributed by atoms with E-state index in [1.165, 1.54) is 32.7 Å². The summed E-state index contributed by atoms with van der Waals surface area (Å²) in [7, 11) is 0. The molecule has 3 nitrogen and oxygen atoms in total. The zero-order valence-corrected chi connectivity index (χ0v) is 27.6. The van der Waals surface area contributed by atoms with E-state index in [9.17, 15) is 0 Å². The van der Waals surface area contributed by atoms with E-state index in [0.717, 1.165) is 61.1 Å². The Balaban J connectivity index is 1.15. The van der Waals surface area contributed by atoms with Crippen molar-refractivity contribution in [1.82, 2.24) is 9.97 Å². The number of hydrogen-bond donors (Lipinski definition) is 0. The van der Waals surface area contributed by atoms with Crippen LogP contribution < -0.4 is 0 Å². The first kappa shape index (κ1) is 29.1. The van der Waals surface area contributed by atoms with Crippen molar-refractivity contribution < 1.29 is 4.42 Å². The van der Waals surface area contributed by atoms with E-state index in [1.54, 1.807) is 0 Å². The van der Waals surface area contributed by atoms with Crippen LogP contribution >= 0.6 is 0 Å². The molecule has 10 rings (SSSR count). The maximum absolute atomic E-state index is 6.70. The number of furan rings is 1. The maximum atomic E-state index is 6.70. The summed E-state index contributed by atoms with van der Waals surface area (Å²) >= 11 is 0. The van der Waals surface area contributed by atoms with Crippen LogP contribution in [0.15, 0.2) is 186 Å². The molecule has 0 aliphatic rings. The summed E-state index contributed by atoms with van der Waals surface area (Å²) in [5.74, 6) is 0.664. The number of rotatable bonds is 5. The average Bonchev–Trinajstić information content (AvgIpc) is 3.61. The van der Waals surface area contributed by atoms with Crippen molar-refractivity contribution in [1.29, 1.82) is 0 Å². The van der Waals surface area contributed by atoms with Gasteiger partial charge in [0.1, 0.15) is 11.2 Å². The predicted molar refractivity (Wildman–Crippen MR) is 212 cm³/mol. The second-order valence-electron chi connectivity index (χ2n) is 12.9. The van der Waals surface area contributed by atoms with Crippen LogP contribution in [0.5, 0.6) is 0 Å². The Hall–Kier alpha value is -6.84. The molecule has 238 valence electrons. The van der Waals surface area contributed by atoms with Crippen LogP contribution in [0.3, 0.4) is 0 Å².